The molecule has 7 heteroatoms. The molecule has 0 aliphatic carbocycles. The van der Waals surface area contributed by atoms with E-state index in [1.54, 1.807) is 17.0 Å². The van der Waals surface area contributed by atoms with Crippen LogP contribution in [0.5, 0.6) is 0 Å². The van der Waals surface area contributed by atoms with Crippen LogP contribution in [0, 0.1) is 5.92 Å². The number of carbonyl (C=O) groups excluding carboxylic acids is 3. The first-order valence-electron chi connectivity index (χ1n) is 9.88. The Kier molecular flexibility index (Phi) is 7.46. The number of halogens is 1. The molecule has 1 saturated heterocycles. The van der Waals surface area contributed by atoms with Crippen molar-refractivity contribution in [2.24, 2.45) is 5.92 Å². The molecule has 1 aliphatic heterocycles. The van der Waals surface area contributed by atoms with Gasteiger partial charge in [0.1, 0.15) is 6.54 Å². The van der Waals surface area contributed by atoms with Gasteiger partial charge in [0.2, 0.25) is 11.8 Å². The molecule has 0 saturated carbocycles. The molecule has 30 heavy (non-hydrogen) atoms. The predicted octanol–water partition coefficient (Wildman–Crippen LogP) is 2.93. The molecule has 0 unspecified atom stereocenters. The highest BCUT2D eigenvalue weighted by Crippen LogP contribution is 2.23. The number of methoxy groups -OCH3 is 1. The van der Waals surface area contributed by atoms with Crippen LogP contribution in [0.2, 0.25) is 5.02 Å². The Morgan fingerprint density at radius 3 is 2.53 bits per heavy atom. The van der Waals surface area contributed by atoms with Gasteiger partial charge in [0.15, 0.2) is 0 Å². The molecule has 1 heterocycles. The van der Waals surface area contributed by atoms with Crippen molar-refractivity contribution < 1.29 is 19.1 Å². The lowest BCUT2D eigenvalue weighted by Crippen LogP contribution is -2.40. The highest BCUT2D eigenvalue weighted by molar-refractivity contribution is 6.31. The van der Waals surface area contributed by atoms with Gasteiger partial charge in [-0.25, -0.2) is 0 Å². The average Bonchev–Trinajstić information content (AvgIpc) is 3.13. The lowest BCUT2D eigenvalue weighted by Gasteiger charge is -2.25. The van der Waals surface area contributed by atoms with Crippen molar-refractivity contribution >= 4 is 29.4 Å². The van der Waals surface area contributed by atoms with Crippen LogP contribution in [-0.4, -0.2) is 54.3 Å². The minimum absolute atomic E-state index is 0.0416. The van der Waals surface area contributed by atoms with E-state index in [1.165, 1.54) is 12.0 Å². The van der Waals surface area contributed by atoms with Crippen LogP contribution in [-0.2, 0) is 32.1 Å². The number of hydrogen-bond donors (Lipinski definition) is 0. The molecule has 3 rings (SSSR count). The molecule has 0 spiro atoms. The third-order valence-electron chi connectivity index (χ3n) is 5.26. The highest BCUT2D eigenvalue weighted by atomic mass is 35.5. The summed E-state index contributed by atoms with van der Waals surface area (Å²) in [5.74, 6) is -1.28. The summed E-state index contributed by atoms with van der Waals surface area (Å²) in [5, 5.41) is 0.521. The van der Waals surface area contributed by atoms with E-state index in [2.05, 4.69) is 0 Å². The highest BCUT2D eigenvalue weighted by Gasteiger charge is 2.37. The van der Waals surface area contributed by atoms with Crippen molar-refractivity contribution in [3.63, 3.8) is 0 Å². The van der Waals surface area contributed by atoms with Gasteiger partial charge in [-0.15, -0.1) is 0 Å². The number of esters is 1. The minimum atomic E-state index is -0.513. The first-order chi connectivity index (χ1) is 14.5. The summed E-state index contributed by atoms with van der Waals surface area (Å²) in [6.07, 6.45) is 0.882. The van der Waals surface area contributed by atoms with Crippen molar-refractivity contribution in [1.82, 2.24) is 9.80 Å². The minimum Gasteiger partial charge on any atom is -0.468 e. The SMILES string of the molecule is COC(=O)CN(Cc1ccccc1Cl)C(=O)[C@H]1CC(=O)N(CCc2ccccc2)C1. The third-order valence-corrected chi connectivity index (χ3v) is 5.62. The number of carbonyl (C=O) groups is 3. The standard InChI is InChI=1S/C23H25ClN2O4/c1-30-22(28)16-26(14-18-9-5-6-10-20(18)24)23(29)19-13-21(27)25(15-19)12-11-17-7-3-2-4-8-17/h2-10,19H,11-16H2,1H3/t19-/m0/s1. The number of nitrogens with zero attached hydrogens (tertiary/aromatic N) is 2. The van der Waals surface area contributed by atoms with E-state index in [0.29, 0.717) is 18.1 Å². The monoisotopic (exact) mass is 428 g/mol. The largest absolute Gasteiger partial charge is 0.468 e. The zero-order chi connectivity index (χ0) is 21.5. The molecule has 1 aliphatic rings. The summed E-state index contributed by atoms with van der Waals surface area (Å²) in [6.45, 7) is 0.913. The van der Waals surface area contributed by atoms with Gasteiger partial charge in [-0.05, 0) is 23.6 Å². The molecule has 2 amide bonds. The molecule has 0 N–H and O–H groups in total. The maximum atomic E-state index is 13.2. The van der Waals surface area contributed by atoms with Gasteiger partial charge in [-0.2, -0.15) is 0 Å². The van der Waals surface area contributed by atoms with Crippen molar-refractivity contribution in [3.8, 4) is 0 Å². The van der Waals surface area contributed by atoms with Gasteiger partial charge in [-0.1, -0.05) is 60.1 Å². The molecular formula is C23H25ClN2O4. The summed E-state index contributed by atoms with van der Waals surface area (Å²) in [7, 11) is 1.28. The van der Waals surface area contributed by atoms with E-state index in [0.717, 1.165) is 17.5 Å². The molecular weight excluding hydrogens is 404 g/mol. The Balaban J connectivity index is 1.66. The molecule has 6 nitrogen and oxygen atoms in total. The topological polar surface area (TPSA) is 66.9 Å². The number of benzene rings is 2. The number of rotatable bonds is 8. The lowest BCUT2D eigenvalue weighted by molar-refractivity contribution is -0.148. The maximum Gasteiger partial charge on any atom is 0.325 e. The summed E-state index contributed by atoms with van der Waals surface area (Å²) in [4.78, 5) is 40.7. The van der Waals surface area contributed by atoms with Crippen molar-refractivity contribution in [2.75, 3.05) is 26.7 Å². The van der Waals surface area contributed by atoms with E-state index < -0.39 is 11.9 Å². The summed E-state index contributed by atoms with van der Waals surface area (Å²) in [6, 6.07) is 17.1. The summed E-state index contributed by atoms with van der Waals surface area (Å²) < 4.78 is 4.75. The number of likely N-dealkylation sites (tertiary alicyclic amines) is 1. The van der Waals surface area contributed by atoms with Crippen molar-refractivity contribution in [2.45, 2.75) is 19.4 Å². The van der Waals surface area contributed by atoms with Crippen LogP contribution in [0.4, 0.5) is 0 Å². The molecule has 1 atom stereocenters. The molecule has 2 aromatic carbocycles. The molecule has 0 radical (unpaired) electrons. The first-order valence-corrected chi connectivity index (χ1v) is 10.3. The quantitative estimate of drug-likeness (QED) is 0.606. The number of amides is 2. The van der Waals surface area contributed by atoms with Gasteiger partial charge < -0.3 is 14.5 Å². The number of ether oxygens (including phenoxy) is 1. The second kappa shape index (κ2) is 10.3. The average molecular weight is 429 g/mol. The van der Waals surface area contributed by atoms with E-state index in [4.69, 9.17) is 16.3 Å². The summed E-state index contributed by atoms with van der Waals surface area (Å²) >= 11 is 6.23. The Bertz CT molecular complexity index is 903. The Labute approximate surface area is 181 Å². The van der Waals surface area contributed by atoms with Crippen molar-refractivity contribution in [1.29, 1.82) is 0 Å². The summed E-state index contributed by atoms with van der Waals surface area (Å²) in [5.41, 5.74) is 1.88. The van der Waals surface area contributed by atoms with Crippen LogP contribution < -0.4 is 0 Å². The predicted molar refractivity (Wildman–Crippen MR) is 114 cm³/mol. The second-order valence-corrected chi connectivity index (χ2v) is 7.75. The van der Waals surface area contributed by atoms with Gasteiger partial charge in [-0.3, -0.25) is 14.4 Å². The van der Waals surface area contributed by atoms with Gasteiger partial charge >= 0.3 is 5.97 Å². The van der Waals surface area contributed by atoms with E-state index >= 15 is 0 Å². The normalized spacial score (nSPS) is 15.9. The van der Waals surface area contributed by atoms with E-state index in [-0.39, 0.29) is 31.3 Å². The van der Waals surface area contributed by atoms with Crippen molar-refractivity contribution in [3.05, 3.63) is 70.7 Å². The maximum absolute atomic E-state index is 13.2. The fraction of sp³-hybridized carbons (Fsp3) is 0.348. The van der Waals surface area contributed by atoms with Crippen LogP contribution in [0.3, 0.4) is 0 Å². The zero-order valence-electron chi connectivity index (χ0n) is 16.9. The molecule has 2 aromatic rings. The van der Waals surface area contributed by atoms with Gasteiger partial charge in [0.25, 0.3) is 0 Å². The van der Waals surface area contributed by atoms with Crippen LogP contribution in [0.1, 0.15) is 17.5 Å². The fourth-order valence-corrected chi connectivity index (χ4v) is 3.78. The molecule has 0 bridgehead atoms. The lowest BCUT2D eigenvalue weighted by atomic mass is 10.1. The Hall–Kier alpha value is -2.86. The Morgan fingerprint density at radius 1 is 1.13 bits per heavy atom. The van der Waals surface area contributed by atoms with E-state index in [1.807, 2.05) is 42.5 Å². The fourth-order valence-electron chi connectivity index (χ4n) is 3.58. The third kappa shape index (κ3) is 5.60. The van der Waals surface area contributed by atoms with Crippen LogP contribution >= 0.6 is 11.6 Å². The molecule has 158 valence electrons. The first kappa shape index (κ1) is 21.8. The van der Waals surface area contributed by atoms with Crippen LogP contribution in [0.15, 0.2) is 54.6 Å². The van der Waals surface area contributed by atoms with Gasteiger partial charge in [0.05, 0.1) is 13.0 Å². The zero-order valence-corrected chi connectivity index (χ0v) is 17.7. The molecule has 1 fully saturated rings. The number of hydrogen-bond acceptors (Lipinski definition) is 4. The van der Waals surface area contributed by atoms with Gasteiger partial charge in [0, 0.05) is 31.1 Å². The Morgan fingerprint density at radius 2 is 1.83 bits per heavy atom. The smallest absolute Gasteiger partial charge is 0.325 e. The van der Waals surface area contributed by atoms with Crippen LogP contribution in [0.25, 0.3) is 0 Å². The molecule has 0 aromatic heterocycles. The second-order valence-electron chi connectivity index (χ2n) is 7.34. The van der Waals surface area contributed by atoms with E-state index in [9.17, 15) is 14.4 Å².